The number of amides is 2. The summed E-state index contributed by atoms with van der Waals surface area (Å²) >= 11 is 0. The molecule has 4 aliphatic carbocycles. The highest BCUT2D eigenvalue weighted by Crippen LogP contribution is 2.61. The fraction of sp³-hybridized carbons (Fsp3) is 0.750. The van der Waals surface area contributed by atoms with Crippen LogP contribution in [0.15, 0.2) is 24.4 Å². The molecule has 1 N–H and O–H groups in total. The standard InChI is InChI=1S/C24H37N3O/c1-2-3-6-10-27(23(28)26-18-22-7-4-5-9-25-22)11-8-24-15-19-12-20(16-24)14-21(13-19)17-24/h4-5,7,9,19-21H,2-3,6,8,10-18H2,1H3,(H,26,28). The van der Waals surface area contributed by atoms with Crippen LogP contribution in [0.5, 0.6) is 0 Å². The summed E-state index contributed by atoms with van der Waals surface area (Å²) < 4.78 is 0. The number of aromatic nitrogens is 1. The zero-order valence-corrected chi connectivity index (χ0v) is 17.5. The summed E-state index contributed by atoms with van der Waals surface area (Å²) in [4.78, 5) is 19.3. The lowest BCUT2D eigenvalue weighted by Gasteiger charge is -2.57. The Morgan fingerprint density at radius 2 is 1.82 bits per heavy atom. The molecule has 1 aromatic rings. The zero-order chi connectivity index (χ0) is 19.4. The molecule has 0 atom stereocenters. The third-order valence-corrected chi connectivity index (χ3v) is 7.54. The van der Waals surface area contributed by atoms with Crippen molar-refractivity contribution < 1.29 is 4.79 Å². The second-order valence-corrected chi connectivity index (χ2v) is 9.84. The minimum Gasteiger partial charge on any atom is -0.332 e. The average Bonchev–Trinajstić information content (AvgIpc) is 2.68. The maximum Gasteiger partial charge on any atom is 0.317 e. The van der Waals surface area contributed by atoms with Crippen LogP contribution < -0.4 is 5.32 Å². The van der Waals surface area contributed by atoms with Gasteiger partial charge in [-0.25, -0.2) is 4.79 Å². The van der Waals surface area contributed by atoms with E-state index in [1.807, 2.05) is 18.2 Å². The van der Waals surface area contributed by atoms with Gasteiger partial charge in [-0.15, -0.1) is 0 Å². The monoisotopic (exact) mass is 383 g/mol. The zero-order valence-electron chi connectivity index (χ0n) is 17.5. The summed E-state index contributed by atoms with van der Waals surface area (Å²) in [7, 11) is 0. The Kier molecular flexibility index (Phi) is 6.22. The van der Waals surface area contributed by atoms with Crippen molar-refractivity contribution in [2.24, 2.45) is 23.2 Å². The quantitative estimate of drug-likeness (QED) is 0.581. The topological polar surface area (TPSA) is 45.2 Å². The number of nitrogens with one attached hydrogen (secondary N) is 1. The van der Waals surface area contributed by atoms with Crippen LogP contribution in [0.25, 0.3) is 0 Å². The van der Waals surface area contributed by atoms with Crippen molar-refractivity contribution in [3.63, 3.8) is 0 Å². The van der Waals surface area contributed by atoms with E-state index in [1.165, 1.54) is 57.8 Å². The number of urea groups is 1. The van der Waals surface area contributed by atoms with Crippen molar-refractivity contribution in [1.82, 2.24) is 15.2 Å². The molecule has 4 aliphatic rings. The van der Waals surface area contributed by atoms with Crippen molar-refractivity contribution in [1.29, 1.82) is 0 Å². The first-order chi connectivity index (χ1) is 13.7. The van der Waals surface area contributed by atoms with E-state index in [2.05, 4.69) is 22.1 Å². The molecule has 4 bridgehead atoms. The molecule has 0 radical (unpaired) electrons. The molecule has 4 fully saturated rings. The summed E-state index contributed by atoms with van der Waals surface area (Å²) in [5, 5.41) is 3.11. The van der Waals surface area contributed by atoms with Gasteiger partial charge in [-0.3, -0.25) is 4.98 Å². The maximum atomic E-state index is 12.9. The van der Waals surface area contributed by atoms with Gasteiger partial charge in [0.25, 0.3) is 0 Å². The van der Waals surface area contributed by atoms with Gasteiger partial charge >= 0.3 is 6.03 Å². The third-order valence-electron chi connectivity index (χ3n) is 7.54. The van der Waals surface area contributed by atoms with E-state index < -0.39 is 0 Å². The second-order valence-electron chi connectivity index (χ2n) is 9.84. The summed E-state index contributed by atoms with van der Waals surface area (Å²) in [6.07, 6.45) is 15.2. The molecular weight excluding hydrogens is 346 g/mol. The Bertz CT molecular complexity index is 609. The number of unbranched alkanes of at least 4 members (excludes halogenated alkanes) is 2. The number of hydrogen-bond donors (Lipinski definition) is 1. The molecule has 4 nitrogen and oxygen atoms in total. The predicted octanol–water partition coefficient (Wildman–Crippen LogP) is 5.39. The lowest BCUT2D eigenvalue weighted by Crippen LogP contribution is -2.48. The van der Waals surface area contributed by atoms with Crippen LogP contribution in [0, 0.1) is 23.2 Å². The molecule has 4 saturated carbocycles. The Labute approximate surface area is 170 Å². The molecule has 1 aromatic heterocycles. The fourth-order valence-corrected chi connectivity index (χ4v) is 6.62. The number of carbonyl (C=O) groups excluding carboxylic acids is 1. The van der Waals surface area contributed by atoms with Crippen LogP contribution in [0.1, 0.15) is 76.8 Å². The van der Waals surface area contributed by atoms with Crippen molar-refractivity contribution in [3.05, 3.63) is 30.1 Å². The summed E-state index contributed by atoms with van der Waals surface area (Å²) in [6, 6.07) is 5.94. The van der Waals surface area contributed by atoms with E-state index in [-0.39, 0.29) is 6.03 Å². The first-order valence-corrected chi connectivity index (χ1v) is 11.6. The number of pyridine rings is 1. The Balaban J connectivity index is 1.33. The maximum absolute atomic E-state index is 12.9. The van der Waals surface area contributed by atoms with E-state index in [4.69, 9.17) is 0 Å². The van der Waals surface area contributed by atoms with Crippen LogP contribution >= 0.6 is 0 Å². The SMILES string of the molecule is CCCCCN(CCC12CC3CC(CC(C3)C1)C2)C(=O)NCc1ccccn1. The lowest BCUT2D eigenvalue weighted by atomic mass is 9.49. The molecule has 154 valence electrons. The first-order valence-electron chi connectivity index (χ1n) is 11.6. The highest BCUT2D eigenvalue weighted by Gasteiger charge is 2.50. The number of rotatable bonds is 9. The summed E-state index contributed by atoms with van der Waals surface area (Å²) in [6.45, 7) is 4.54. The highest BCUT2D eigenvalue weighted by atomic mass is 16.2. The van der Waals surface area contributed by atoms with Gasteiger partial charge in [-0.05, 0) is 86.7 Å². The van der Waals surface area contributed by atoms with Crippen LogP contribution in [-0.2, 0) is 6.54 Å². The predicted molar refractivity (Wildman–Crippen MR) is 113 cm³/mol. The van der Waals surface area contributed by atoms with Crippen LogP contribution in [-0.4, -0.2) is 29.0 Å². The molecule has 0 aromatic carbocycles. The van der Waals surface area contributed by atoms with Gasteiger partial charge in [-0.2, -0.15) is 0 Å². The van der Waals surface area contributed by atoms with E-state index in [9.17, 15) is 4.79 Å². The van der Waals surface area contributed by atoms with Crippen molar-refractivity contribution >= 4 is 6.03 Å². The number of hydrogen-bond acceptors (Lipinski definition) is 2. The molecule has 1 heterocycles. The van der Waals surface area contributed by atoms with Crippen LogP contribution in [0.2, 0.25) is 0 Å². The van der Waals surface area contributed by atoms with Gasteiger partial charge in [0.2, 0.25) is 0 Å². The van der Waals surface area contributed by atoms with E-state index >= 15 is 0 Å². The van der Waals surface area contributed by atoms with Gasteiger partial charge < -0.3 is 10.2 Å². The molecule has 0 saturated heterocycles. The van der Waals surface area contributed by atoms with E-state index in [1.54, 1.807) is 6.20 Å². The van der Waals surface area contributed by atoms with Gasteiger partial charge in [0.15, 0.2) is 0 Å². The van der Waals surface area contributed by atoms with E-state index in [0.29, 0.717) is 12.0 Å². The molecule has 0 unspecified atom stereocenters. The molecular formula is C24H37N3O. The molecule has 5 rings (SSSR count). The average molecular weight is 384 g/mol. The molecule has 4 heteroatoms. The van der Waals surface area contributed by atoms with Crippen molar-refractivity contribution in [2.45, 2.75) is 77.7 Å². The normalized spacial score (nSPS) is 30.4. The highest BCUT2D eigenvalue weighted by molar-refractivity contribution is 5.74. The third kappa shape index (κ3) is 4.69. The van der Waals surface area contributed by atoms with Crippen LogP contribution in [0.3, 0.4) is 0 Å². The second kappa shape index (κ2) is 8.84. The Hall–Kier alpha value is -1.58. The number of nitrogens with zero attached hydrogens (tertiary/aromatic N) is 2. The largest absolute Gasteiger partial charge is 0.332 e. The van der Waals surface area contributed by atoms with Gasteiger partial charge in [0, 0.05) is 19.3 Å². The Morgan fingerprint density at radius 1 is 1.11 bits per heavy atom. The first kappa shape index (κ1) is 19.7. The Morgan fingerprint density at radius 3 is 2.43 bits per heavy atom. The summed E-state index contributed by atoms with van der Waals surface area (Å²) in [5.74, 6) is 2.95. The lowest BCUT2D eigenvalue weighted by molar-refractivity contribution is -0.0596. The fourth-order valence-electron chi connectivity index (χ4n) is 6.62. The van der Waals surface area contributed by atoms with Crippen molar-refractivity contribution in [2.75, 3.05) is 13.1 Å². The van der Waals surface area contributed by atoms with Gasteiger partial charge in [0.1, 0.15) is 0 Å². The minimum absolute atomic E-state index is 0.0893. The molecule has 28 heavy (non-hydrogen) atoms. The van der Waals surface area contributed by atoms with E-state index in [0.717, 1.165) is 43.0 Å². The summed E-state index contributed by atoms with van der Waals surface area (Å²) in [5.41, 5.74) is 1.46. The minimum atomic E-state index is 0.0893. The smallest absolute Gasteiger partial charge is 0.317 e. The molecule has 0 aliphatic heterocycles. The van der Waals surface area contributed by atoms with Gasteiger partial charge in [0.05, 0.1) is 12.2 Å². The molecule has 0 spiro atoms. The van der Waals surface area contributed by atoms with Crippen LogP contribution in [0.4, 0.5) is 4.79 Å². The van der Waals surface area contributed by atoms with Crippen molar-refractivity contribution in [3.8, 4) is 0 Å². The van der Waals surface area contributed by atoms with Gasteiger partial charge in [-0.1, -0.05) is 25.8 Å². The number of carbonyl (C=O) groups is 1. The molecule has 2 amide bonds.